The summed E-state index contributed by atoms with van der Waals surface area (Å²) < 4.78 is 11.1. The molecule has 0 bridgehead atoms. The van der Waals surface area contributed by atoms with Crippen molar-refractivity contribution in [3.63, 3.8) is 0 Å². The van der Waals surface area contributed by atoms with E-state index in [4.69, 9.17) is 9.47 Å². The van der Waals surface area contributed by atoms with E-state index in [0.717, 1.165) is 42.9 Å². The van der Waals surface area contributed by atoms with Gasteiger partial charge in [0.15, 0.2) is 0 Å². The average Bonchev–Trinajstić information content (AvgIpc) is 3.22. The lowest BCUT2D eigenvalue weighted by Crippen LogP contribution is -2.48. The Morgan fingerprint density at radius 3 is 2.94 bits per heavy atom. The van der Waals surface area contributed by atoms with Gasteiger partial charge in [0, 0.05) is 31.4 Å². The standard InChI is InChI=1S/C24H27N5O4/c1-2-16-8-21-22(28-23(16)30)7-15(9-25-21)11-29-6-5-19(12-29)33-18-3-4-20(26-10-18)24(31)27-17-13-32-14-17/h3-4,7-10,17,19,21H,2,5-6,11-14H2,1H3,(H,27,31)/t19-,21?/m1/s1. The molecule has 1 aromatic heterocycles. The Bertz CT molecular complexity index is 1060. The van der Waals surface area contributed by atoms with Crippen molar-refractivity contribution < 1.29 is 19.1 Å². The maximum absolute atomic E-state index is 12.2. The molecule has 0 saturated carbocycles. The van der Waals surface area contributed by atoms with Gasteiger partial charge in [0.1, 0.15) is 23.6 Å². The fraction of sp³-hybridized carbons (Fsp3) is 0.458. The van der Waals surface area contributed by atoms with E-state index in [1.54, 1.807) is 18.3 Å². The second kappa shape index (κ2) is 9.36. The second-order valence-electron chi connectivity index (χ2n) is 8.68. The number of fused-ring (bicyclic) bond motifs is 1. The number of nitrogens with one attached hydrogen (secondary N) is 1. The minimum Gasteiger partial charge on any atom is -0.487 e. The number of nitrogens with zero attached hydrogens (tertiary/aromatic N) is 4. The molecule has 9 heteroatoms. The summed E-state index contributed by atoms with van der Waals surface area (Å²) in [5, 5.41) is 2.87. The first kappa shape index (κ1) is 21.7. The van der Waals surface area contributed by atoms with Crippen molar-refractivity contribution in [3.05, 3.63) is 47.3 Å². The molecule has 2 saturated heterocycles. The van der Waals surface area contributed by atoms with Crippen LogP contribution in [0.25, 0.3) is 0 Å². The summed E-state index contributed by atoms with van der Waals surface area (Å²) in [6, 6.07) is 3.40. The van der Waals surface area contributed by atoms with Crippen molar-refractivity contribution in [1.82, 2.24) is 15.2 Å². The summed E-state index contributed by atoms with van der Waals surface area (Å²) >= 11 is 0. The van der Waals surface area contributed by atoms with Crippen LogP contribution in [0.2, 0.25) is 0 Å². The minimum atomic E-state index is -0.197. The highest BCUT2D eigenvalue weighted by molar-refractivity contribution is 6.16. The molecule has 2 fully saturated rings. The van der Waals surface area contributed by atoms with Crippen molar-refractivity contribution in [2.45, 2.75) is 38.0 Å². The molecule has 9 nitrogen and oxygen atoms in total. The van der Waals surface area contributed by atoms with Crippen LogP contribution in [0.15, 0.2) is 51.6 Å². The Labute approximate surface area is 192 Å². The number of aromatic nitrogens is 1. The number of hydrogen-bond donors (Lipinski definition) is 1. The zero-order valence-corrected chi connectivity index (χ0v) is 18.6. The van der Waals surface area contributed by atoms with Crippen molar-refractivity contribution in [1.29, 1.82) is 0 Å². The molecule has 0 aromatic carbocycles. The molecule has 0 spiro atoms. The highest BCUT2D eigenvalue weighted by Crippen LogP contribution is 2.22. The second-order valence-corrected chi connectivity index (χ2v) is 8.68. The molecule has 0 aliphatic carbocycles. The summed E-state index contributed by atoms with van der Waals surface area (Å²) in [6.45, 7) is 5.48. The van der Waals surface area contributed by atoms with E-state index in [1.165, 1.54) is 0 Å². The van der Waals surface area contributed by atoms with Crippen molar-refractivity contribution in [2.24, 2.45) is 9.98 Å². The molecular weight excluding hydrogens is 422 g/mol. The molecule has 4 aliphatic heterocycles. The maximum atomic E-state index is 12.2. The first-order chi connectivity index (χ1) is 16.1. The van der Waals surface area contributed by atoms with E-state index in [0.29, 0.717) is 31.1 Å². The third-order valence-corrected chi connectivity index (χ3v) is 6.16. The molecule has 4 aliphatic rings. The molecule has 33 heavy (non-hydrogen) atoms. The van der Waals surface area contributed by atoms with Gasteiger partial charge in [0.05, 0.1) is 31.2 Å². The molecule has 5 rings (SSSR count). The topological polar surface area (TPSA) is 105 Å². The number of dihydropyridines is 2. The first-order valence-electron chi connectivity index (χ1n) is 11.4. The summed E-state index contributed by atoms with van der Waals surface area (Å²) in [5.41, 5.74) is 2.87. The van der Waals surface area contributed by atoms with Crippen molar-refractivity contribution >= 4 is 23.7 Å². The lowest BCUT2D eigenvalue weighted by molar-refractivity contribution is -0.114. The van der Waals surface area contributed by atoms with Gasteiger partial charge in [-0.3, -0.25) is 19.5 Å². The predicted molar refractivity (Wildman–Crippen MR) is 123 cm³/mol. The molecule has 5 heterocycles. The van der Waals surface area contributed by atoms with Gasteiger partial charge in [-0.25, -0.2) is 9.98 Å². The number of likely N-dealkylation sites (tertiary alicyclic amines) is 1. The number of amides is 2. The fourth-order valence-corrected chi connectivity index (χ4v) is 4.25. The van der Waals surface area contributed by atoms with E-state index in [2.05, 4.69) is 25.2 Å². The SMILES string of the molecule is CCC1=CC2N=CC(CN3CC[C@@H](Oc4ccc(C(=O)NC5COC5)nc4)C3)=CC2=NC1=O. The lowest BCUT2D eigenvalue weighted by atomic mass is 9.98. The van der Waals surface area contributed by atoms with Gasteiger partial charge in [0.2, 0.25) is 0 Å². The molecular formula is C24H27N5O4. The monoisotopic (exact) mass is 449 g/mol. The van der Waals surface area contributed by atoms with E-state index in [-0.39, 0.29) is 30.0 Å². The van der Waals surface area contributed by atoms with Crippen LogP contribution < -0.4 is 10.1 Å². The molecule has 2 atom stereocenters. The maximum Gasteiger partial charge on any atom is 0.272 e. The van der Waals surface area contributed by atoms with Gasteiger partial charge >= 0.3 is 0 Å². The Morgan fingerprint density at radius 1 is 1.33 bits per heavy atom. The third kappa shape index (κ3) is 4.94. The summed E-state index contributed by atoms with van der Waals surface area (Å²) in [4.78, 5) is 39.6. The Hall–Kier alpha value is -3.17. The molecule has 1 N–H and O–H groups in total. The van der Waals surface area contributed by atoms with Crippen LogP contribution in [0.3, 0.4) is 0 Å². The first-order valence-corrected chi connectivity index (χ1v) is 11.4. The Kier molecular flexibility index (Phi) is 6.15. The fourth-order valence-electron chi connectivity index (χ4n) is 4.25. The normalized spacial score (nSPS) is 25.0. The number of pyridine rings is 1. The Morgan fingerprint density at radius 2 is 2.21 bits per heavy atom. The van der Waals surface area contributed by atoms with Gasteiger partial charge in [-0.1, -0.05) is 6.92 Å². The van der Waals surface area contributed by atoms with Crippen LogP contribution in [0.5, 0.6) is 5.75 Å². The van der Waals surface area contributed by atoms with Crippen molar-refractivity contribution in [2.75, 3.05) is 32.8 Å². The van der Waals surface area contributed by atoms with E-state index >= 15 is 0 Å². The van der Waals surface area contributed by atoms with Crippen LogP contribution in [-0.2, 0) is 9.53 Å². The minimum absolute atomic E-state index is 0.0520. The largest absolute Gasteiger partial charge is 0.487 e. The molecule has 172 valence electrons. The lowest BCUT2D eigenvalue weighted by Gasteiger charge is -2.26. The summed E-state index contributed by atoms with van der Waals surface area (Å²) in [7, 11) is 0. The highest BCUT2D eigenvalue weighted by atomic mass is 16.5. The number of rotatable bonds is 7. The number of hydrogen-bond acceptors (Lipinski definition) is 7. The summed E-state index contributed by atoms with van der Waals surface area (Å²) in [6.07, 6.45) is 9.02. The van der Waals surface area contributed by atoms with Crippen LogP contribution in [0.1, 0.15) is 30.3 Å². The van der Waals surface area contributed by atoms with E-state index in [9.17, 15) is 9.59 Å². The van der Waals surface area contributed by atoms with Crippen LogP contribution in [0, 0.1) is 0 Å². The van der Waals surface area contributed by atoms with Crippen LogP contribution >= 0.6 is 0 Å². The molecule has 1 unspecified atom stereocenters. The highest BCUT2D eigenvalue weighted by Gasteiger charge is 2.27. The van der Waals surface area contributed by atoms with E-state index in [1.807, 2.05) is 25.3 Å². The molecule has 0 radical (unpaired) electrons. The van der Waals surface area contributed by atoms with Crippen molar-refractivity contribution in [3.8, 4) is 5.75 Å². The third-order valence-electron chi connectivity index (χ3n) is 6.16. The average molecular weight is 450 g/mol. The van der Waals surface area contributed by atoms with Gasteiger partial charge in [0.25, 0.3) is 11.8 Å². The molecule has 2 amide bonds. The van der Waals surface area contributed by atoms with Gasteiger partial charge in [-0.2, -0.15) is 0 Å². The zero-order valence-electron chi connectivity index (χ0n) is 18.6. The van der Waals surface area contributed by atoms with Gasteiger partial charge < -0.3 is 14.8 Å². The summed E-state index contributed by atoms with van der Waals surface area (Å²) in [5.74, 6) is 0.303. The van der Waals surface area contributed by atoms with Gasteiger partial charge in [-0.15, -0.1) is 0 Å². The number of aliphatic imine (C=N–C) groups is 2. The zero-order chi connectivity index (χ0) is 22.8. The molecule has 1 aromatic rings. The quantitative estimate of drug-likeness (QED) is 0.674. The number of ether oxygens (including phenoxy) is 2. The number of carbonyl (C=O) groups is 2. The van der Waals surface area contributed by atoms with Gasteiger partial charge in [-0.05, 0) is 42.7 Å². The predicted octanol–water partition coefficient (Wildman–Crippen LogP) is 1.36. The number of carbonyl (C=O) groups excluding carboxylic acids is 2. The Balaban J connectivity index is 1.12. The van der Waals surface area contributed by atoms with Crippen LogP contribution in [0.4, 0.5) is 0 Å². The van der Waals surface area contributed by atoms with Crippen LogP contribution in [-0.4, -0.2) is 84.7 Å². The van der Waals surface area contributed by atoms with E-state index < -0.39 is 0 Å². The smallest absolute Gasteiger partial charge is 0.272 e.